The molecule has 0 atom stereocenters. The van der Waals surface area contributed by atoms with Crippen LogP contribution >= 0.6 is 23.5 Å². The number of hydrogen-bond donors (Lipinski definition) is 0. The van der Waals surface area contributed by atoms with Crippen LogP contribution in [0.5, 0.6) is 0 Å². The van der Waals surface area contributed by atoms with E-state index in [1.54, 1.807) is 11.8 Å². The van der Waals surface area contributed by atoms with E-state index in [1.807, 2.05) is 30.5 Å². The molecule has 0 nitrogen and oxygen atoms in total. The molecular weight excluding hydrogens is 253 g/mol. The summed E-state index contributed by atoms with van der Waals surface area (Å²) in [4.78, 5) is 1.17. The standard InChI is InChI=1S/C11H13F3S2/c1-15-10-4-2-9(3-5-10)8-16-7-6-11(12,13)14/h2-5H,6-8H2,1H3. The lowest BCUT2D eigenvalue weighted by atomic mass is 10.2. The Morgan fingerprint density at radius 1 is 1.12 bits per heavy atom. The Balaban J connectivity index is 2.27. The number of alkyl halides is 3. The first kappa shape index (κ1) is 13.8. The minimum absolute atomic E-state index is 0.133. The third kappa shape index (κ3) is 5.70. The van der Waals surface area contributed by atoms with Gasteiger partial charge in [0.25, 0.3) is 0 Å². The number of benzene rings is 1. The molecule has 0 N–H and O–H groups in total. The molecule has 0 spiro atoms. The second kappa shape index (κ2) is 6.45. The Bertz CT molecular complexity index is 306. The van der Waals surface area contributed by atoms with Gasteiger partial charge in [0, 0.05) is 16.4 Å². The molecule has 0 bridgehead atoms. The zero-order valence-corrected chi connectivity index (χ0v) is 10.5. The molecule has 0 saturated carbocycles. The van der Waals surface area contributed by atoms with E-state index in [4.69, 9.17) is 0 Å². The van der Waals surface area contributed by atoms with E-state index in [9.17, 15) is 13.2 Å². The highest BCUT2D eigenvalue weighted by atomic mass is 32.2. The Labute approximate surface area is 102 Å². The lowest BCUT2D eigenvalue weighted by molar-refractivity contribution is -0.129. The average molecular weight is 266 g/mol. The molecule has 0 saturated heterocycles. The topological polar surface area (TPSA) is 0 Å². The zero-order chi connectivity index (χ0) is 12.0. The fourth-order valence-electron chi connectivity index (χ4n) is 1.10. The average Bonchev–Trinajstić information content (AvgIpc) is 2.24. The number of halogens is 3. The smallest absolute Gasteiger partial charge is 0.171 e. The van der Waals surface area contributed by atoms with Crippen molar-refractivity contribution in [1.82, 2.24) is 0 Å². The minimum atomic E-state index is -4.03. The van der Waals surface area contributed by atoms with Gasteiger partial charge in [-0.3, -0.25) is 0 Å². The summed E-state index contributed by atoms with van der Waals surface area (Å²) < 4.78 is 35.6. The molecule has 1 rings (SSSR count). The molecule has 16 heavy (non-hydrogen) atoms. The van der Waals surface area contributed by atoms with E-state index in [0.29, 0.717) is 5.75 Å². The van der Waals surface area contributed by atoms with Crippen molar-refractivity contribution in [2.24, 2.45) is 0 Å². The lowest BCUT2D eigenvalue weighted by Gasteiger charge is -2.06. The highest BCUT2D eigenvalue weighted by molar-refractivity contribution is 7.98. The summed E-state index contributed by atoms with van der Waals surface area (Å²) in [5.74, 6) is 0.776. The monoisotopic (exact) mass is 266 g/mol. The number of hydrogen-bond acceptors (Lipinski definition) is 2. The largest absolute Gasteiger partial charge is 0.389 e. The molecule has 0 unspecified atom stereocenters. The molecule has 0 aromatic heterocycles. The summed E-state index contributed by atoms with van der Waals surface area (Å²) in [6.07, 6.45) is -2.75. The van der Waals surface area contributed by atoms with Gasteiger partial charge < -0.3 is 0 Å². The van der Waals surface area contributed by atoms with Crippen molar-refractivity contribution < 1.29 is 13.2 Å². The highest BCUT2D eigenvalue weighted by Crippen LogP contribution is 2.24. The van der Waals surface area contributed by atoms with Crippen LogP contribution < -0.4 is 0 Å². The van der Waals surface area contributed by atoms with Crippen LogP contribution in [0, 0.1) is 0 Å². The first-order chi connectivity index (χ1) is 7.51. The lowest BCUT2D eigenvalue weighted by Crippen LogP contribution is -2.08. The van der Waals surface area contributed by atoms with Crippen LogP contribution in [0.15, 0.2) is 29.2 Å². The molecule has 0 fully saturated rings. The van der Waals surface area contributed by atoms with Crippen LogP contribution in [0.2, 0.25) is 0 Å². The second-order valence-corrected chi connectivity index (χ2v) is 5.25. The fourth-order valence-corrected chi connectivity index (χ4v) is 2.46. The summed E-state index contributed by atoms with van der Waals surface area (Å²) in [5.41, 5.74) is 1.07. The van der Waals surface area contributed by atoms with Gasteiger partial charge in [-0.25, -0.2) is 0 Å². The van der Waals surface area contributed by atoms with Crippen molar-refractivity contribution in [1.29, 1.82) is 0 Å². The van der Waals surface area contributed by atoms with Gasteiger partial charge in [-0.05, 0) is 24.0 Å². The summed E-state index contributed by atoms with van der Waals surface area (Å²) in [6, 6.07) is 7.91. The molecule has 1 aromatic rings. The molecular formula is C11H13F3S2. The van der Waals surface area contributed by atoms with Crippen molar-refractivity contribution in [3.63, 3.8) is 0 Å². The Kier molecular flexibility index (Phi) is 5.55. The van der Waals surface area contributed by atoms with Crippen molar-refractivity contribution in [3.8, 4) is 0 Å². The van der Waals surface area contributed by atoms with Crippen LogP contribution in [0.25, 0.3) is 0 Å². The maximum absolute atomic E-state index is 11.9. The molecule has 1 aromatic carbocycles. The fraction of sp³-hybridized carbons (Fsp3) is 0.455. The molecule has 0 radical (unpaired) electrons. The van der Waals surface area contributed by atoms with Crippen molar-refractivity contribution in [3.05, 3.63) is 29.8 Å². The van der Waals surface area contributed by atoms with Gasteiger partial charge in [-0.2, -0.15) is 24.9 Å². The predicted octanol–water partition coefficient (Wildman–Crippen LogP) is 4.59. The zero-order valence-electron chi connectivity index (χ0n) is 8.88. The van der Waals surface area contributed by atoms with E-state index in [0.717, 1.165) is 5.56 Å². The van der Waals surface area contributed by atoms with Crippen molar-refractivity contribution in [2.75, 3.05) is 12.0 Å². The van der Waals surface area contributed by atoms with Crippen LogP contribution in [-0.4, -0.2) is 18.2 Å². The Morgan fingerprint density at radius 2 is 1.75 bits per heavy atom. The number of thioether (sulfide) groups is 2. The normalized spacial score (nSPS) is 11.8. The molecule has 0 aliphatic rings. The van der Waals surface area contributed by atoms with Gasteiger partial charge >= 0.3 is 6.18 Å². The summed E-state index contributed by atoms with van der Waals surface area (Å²) in [5, 5.41) is 0. The second-order valence-electron chi connectivity index (χ2n) is 3.27. The van der Waals surface area contributed by atoms with E-state index in [1.165, 1.54) is 16.7 Å². The maximum Gasteiger partial charge on any atom is 0.389 e. The van der Waals surface area contributed by atoms with E-state index >= 15 is 0 Å². The van der Waals surface area contributed by atoms with Crippen molar-refractivity contribution in [2.45, 2.75) is 23.2 Å². The molecule has 0 heterocycles. The third-order valence-corrected chi connectivity index (χ3v) is 3.73. The first-order valence-electron chi connectivity index (χ1n) is 4.79. The van der Waals surface area contributed by atoms with Crippen LogP contribution in [0.1, 0.15) is 12.0 Å². The van der Waals surface area contributed by atoms with Crippen LogP contribution in [0.3, 0.4) is 0 Å². The quantitative estimate of drug-likeness (QED) is 0.564. The molecule has 90 valence electrons. The summed E-state index contributed by atoms with van der Waals surface area (Å²) in [7, 11) is 0. The molecule has 5 heteroatoms. The highest BCUT2D eigenvalue weighted by Gasteiger charge is 2.25. The molecule has 0 amide bonds. The van der Waals surface area contributed by atoms with E-state index in [2.05, 4.69) is 0 Å². The minimum Gasteiger partial charge on any atom is -0.171 e. The maximum atomic E-state index is 11.9. The summed E-state index contributed by atoms with van der Waals surface area (Å²) in [6.45, 7) is 0. The molecule has 0 aliphatic heterocycles. The van der Waals surface area contributed by atoms with Gasteiger partial charge in [0.15, 0.2) is 0 Å². The first-order valence-corrected chi connectivity index (χ1v) is 7.16. The number of rotatable bonds is 5. The van der Waals surface area contributed by atoms with Gasteiger partial charge in [-0.15, -0.1) is 11.8 Å². The van der Waals surface area contributed by atoms with E-state index in [-0.39, 0.29) is 5.75 Å². The predicted molar refractivity (Wildman–Crippen MR) is 65.1 cm³/mol. The van der Waals surface area contributed by atoms with E-state index < -0.39 is 12.6 Å². The van der Waals surface area contributed by atoms with Gasteiger partial charge in [0.2, 0.25) is 0 Å². The Hall–Kier alpha value is -0.290. The summed E-state index contributed by atoms with van der Waals surface area (Å²) >= 11 is 2.97. The third-order valence-electron chi connectivity index (χ3n) is 1.96. The van der Waals surface area contributed by atoms with Crippen LogP contribution in [-0.2, 0) is 5.75 Å². The van der Waals surface area contributed by atoms with Gasteiger partial charge in [0.05, 0.1) is 6.42 Å². The van der Waals surface area contributed by atoms with Crippen molar-refractivity contribution >= 4 is 23.5 Å². The van der Waals surface area contributed by atoms with Gasteiger partial charge in [0.1, 0.15) is 0 Å². The SMILES string of the molecule is CSc1ccc(CSCCC(F)(F)F)cc1. The van der Waals surface area contributed by atoms with Crippen LogP contribution in [0.4, 0.5) is 13.2 Å². The molecule has 0 aliphatic carbocycles. The van der Waals surface area contributed by atoms with Gasteiger partial charge in [-0.1, -0.05) is 12.1 Å². The Morgan fingerprint density at radius 3 is 2.25 bits per heavy atom.